The Bertz CT molecular complexity index is 746. The highest BCUT2D eigenvalue weighted by molar-refractivity contribution is 5.94. The molecule has 0 spiro atoms. The second kappa shape index (κ2) is 7.12. The number of anilines is 2. The van der Waals surface area contributed by atoms with E-state index in [-0.39, 0.29) is 12.5 Å². The molecule has 6 heteroatoms. The number of benzene rings is 2. The Morgan fingerprint density at radius 3 is 2.71 bits per heavy atom. The third-order valence-electron chi connectivity index (χ3n) is 3.62. The summed E-state index contributed by atoms with van der Waals surface area (Å²) in [5.74, 6) is 1.89. The summed E-state index contributed by atoms with van der Waals surface area (Å²) in [5, 5.41) is 5.93. The van der Waals surface area contributed by atoms with Crippen molar-refractivity contribution >= 4 is 17.3 Å². The first-order chi connectivity index (χ1) is 11.7. The second-order valence-corrected chi connectivity index (χ2v) is 5.46. The maximum atomic E-state index is 12.2. The van der Waals surface area contributed by atoms with Gasteiger partial charge in [0.15, 0.2) is 11.5 Å². The Balaban J connectivity index is 1.61. The highest BCUT2D eigenvalue weighted by Gasteiger charge is 2.13. The van der Waals surface area contributed by atoms with Gasteiger partial charge in [-0.1, -0.05) is 6.07 Å². The number of aryl methyl sites for hydroxylation is 1. The van der Waals surface area contributed by atoms with Crippen LogP contribution in [0.2, 0.25) is 0 Å². The lowest BCUT2D eigenvalue weighted by atomic mass is 10.2. The van der Waals surface area contributed by atoms with Crippen LogP contribution in [0.15, 0.2) is 36.4 Å². The van der Waals surface area contributed by atoms with Crippen molar-refractivity contribution in [1.82, 2.24) is 0 Å². The average molecular weight is 328 g/mol. The fourth-order valence-corrected chi connectivity index (χ4v) is 2.46. The number of rotatable bonds is 5. The molecule has 2 N–H and O–H groups in total. The summed E-state index contributed by atoms with van der Waals surface area (Å²) in [7, 11) is 1.60. The van der Waals surface area contributed by atoms with Crippen molar-refractivity contribution in [2.45, 2.75) is 6.92 Å². The summed E-state index contributed by atoms with van der Waals surface area (Å²) in [5.41, 5.74) is 2.54. The fourth-order valence-electron chi connectivity index (χ4n) is 2.46. The van der Waals surface area contributed by atoms with Gasteiger partial charge in [0, 0.05) is 11.8 Å². The van der Waals surface area contributed by atoms with Crippen molar-refractivity contribution in [2.24, 2.45) is 0 Å². The summed E-state index contributed by atoms with van der Waals surface area (Å²) in [6.45, 7) is 3.17. The lowest BCUT2D eigenvalue weighted by molar-refractivity contribution is -0.114. The first-order valence-corrected chi connectivity index (χ1v) is 7.74. The molecule has 0 aliphatic carbocycles. The Kier molecular flexibility index (Phi) is 4.74. The molecule has 0 bridgehead atoms. The van der Waals surface area contributed by atoms with Gasteiger partial charge in [-0.05, 0) is 36.8 Å². The lowest BCUT2D eigenvalue weighted by Crippen LogP contribution is -2.22. The number of carbonyl (C=O) groups excluding carboxylic acids is 1. The van der Waals surface area contributed by atoms with E-state index in [1.807, 2.05) is 25.1 Å². The van der Waals surface area contributed by atoms with Gasteiger partial charge in [-0.15, -0.1) is 0 Å². The van der Waals surface area contributed by atoms with Crippen LogP contribution in [0.1, 0.15) is 5.56 Å². The molecule has 0 radical (unpaired) electrons. The van der Waals surface area contributed by atoms with Gasteiger partial charge in [0.25, 0.3) is 0 Å². The van der Waals surface area contributed by atoms with Gasteiger partial charge >= 0.3 is 0 Å². The summed E-state index contributed by atoms with van der Waals surface area (Å²) in [6.07, 6.45) is 0. The van der Waals surface area contributed by atoms with Gasteiger partial charge in [0.1, 0.15) is 19.0 Å². The van der Waals surface area contributed by atoms with E-state index in [1.54, 1.807) is 25.3 Å². The van der Waals surface area contributed by atoms with E-state index in [1.165, 1.54) is 0 Å². The van der Waals surface area contributed by atoms with Gasteiger partial charge in [-0.2, -0.15) is 0 Å². The Morgan fingerprint density at radius 2 is 1.92 bits per heavy atom. The predicted octanol–water partition coefficient (Wildman–Crippen LogP) is 2.83. The van der Waals surface area contributed by atoms with Crippen molar-refractivity contribution in [3.63, 3.8) is 0 Å². The molecule has 0 saturated heterocycles. The van der Waals surface area contributed by atoms with Crippen LogP contribution in [-0.2, 0) is 4.79 Å². The van der Waals surface area contributed by atoms with Gasteiger partial charge in [-0.3, -0.25) is 4.79 Å². The Labute approximate surface area is 140 Å². The standard InChI is InChI=1S/C18H20N2O4/c1-12-3-5-15(22-2)14(9-12)19-11-18(21)20-13-4-6-16-17(10-13)24-8-7-23-16/h3-6,9-10,19H,7-8,11H2,1-2H3,(H,20,21). The maximum Gasteiger partial charge on any atom is 0.243 e. The van der Waals surface area contributed by atoms with Crippen molar-refractivity contribution in [3.05, 3.63) is 42.0 Å². The summed E-state index contributed by atoms with van der Waals surface area (Å²) in [4.78, 5) is 12.2. The number of amides is 1. The topological polar surface area (TPSA) is 68.8 Å². The second-order valence-electron chi connectivity index (χ2n) is 5.46. The van der Waals surface area contributed by atoms with Crippen molar-refractivity contribution in [2.75, 3.05) is 37.5 Å². The van der Waals surface area contributed by atoms with Gasteiger partial charge in [-0.25, -0.2) is 0 Å². The number of hydrogen-bond donors (Lipinski definition) is 2. The van der Waals surface area contributed by atoms with E-state index in [0.717, 1.165) is 11.3 Å². The summed E-state index contributed by atoms with van der Waals surface area (Å²) < 4.78 is 16.3. The number of fused-ring (bicyclic) bond motifs is 1. The molecule has 0 fully saturated rings. The third kappa shape index (κ3) is 3.71. The number of hydrogen-bond acceptors (Lipinski definition) is 5. The molecule has 1 amide bonds. The minimum Gasteiger partial charge on any atom is -0.495 e. The maximum absolute atomic E-state index is 12.2. The van der Waals surface area contributed by atoms with Crippen LogP contribution in [0.4, 0.5) is 11.4 Å². The highest BCUT2D eigenvalue weighted by Crippen LogP contribution is 2.32. The van der Waals surface area contributed by atoms with Crippen LogP contribution in [-0.4, -0.2) is 32.8 Å². The fraction of sp³-hybridized carbons (Fsp3) is 0.278. The number of carbonyl (C=O) groups is 1. The first-order valence-electron chi connectivity index (χ1n) is 7.74. The molecular formula is C18H20N2O4. The molecule has 2 aromatic carbocycles. The van der Waals surface area contributed by atoms with Crippen LogP contribution < -0.4 is 24.8 Å². The smallest absolute Gasteiger partial charge is 0.243 e. The van der Waals surface area contributed by atoms with Crippen molar-refractivity contribution < 1.29 is 19.0 Å². The zero-order valence-corrected chi connectivity index (χ0v) is 13.7. The molecule has 24 heavy (non-hydrogen) atoms. The number of nitrogens with one attached hydrogen (secondary N) is 2. The molecule has 1 aliphatic rings. The summed E-state index contributed by atoms with van der Waals surface area (Å²) in [6, 6.07) is 11.1. The van der Waals surface area contributed by atoms with Crippen LogP contribution in [0, 0.1) is 6.92 Å². The minimum atomic E-state index is -0.157. The molecule has 0 atom stereocenters. The minimum absolute atomic E-state index is 0.133. The van der Waals surface area contributed by atoms with Gasteiger partial charge < -0.3 is 24.8 Å². The van der Waals surface area contributed by atoms with E-state index >= 15 is 0 Å². The lowest BCUT2D eigenvalue weighted by Gasteiger charge is -2.19. The number of methoxy groups -OCH3 is 1. The van der Waals surface area contributed by atoms with E-state index < -0.39 is 0 Å². The molecule has 126 valence electrons. The number of ether oxygens (including phenoxy) is 3. The molecule has 0 unspecified atom stereocenters. The molecule has 0 aromatic heterocycles. The zero-order chi connectivity index (χ0) is 16.9. The largest absolute Gasteiger partial charge is 0.495 e. The third-order valence-corrected chi connectivity index (χ3v) is 3.62. The van der Waals surface area contributed by atoms with Crippen molar-refractivity contribution in [1.29, 1.82) is 0 Å². The molecule has 1 heterocycles. The van der Waals surface area contributed by atoms with Crippen LogP contribution in [0.5, 0.6) is 17.2 Å². The van der Waals surface area contributed by atoms with Gasteiger partial charge in [0.2, 0.25) is 5.91 Å². The SMILES string of the molecule is COc1ccc(C)cc1NCC(=O)Nc1ccc2c(c1)OCCO2. The van der Waals surface area contributed by atoms with E-state index in [9.17, 15) is 4.79 Å². The van der Waals surface area contributed by atoms with Crippen LogP contribution >= 0.6 is 0 Å². The molecular weight excluding hydrogens is 308 g/mol. The monoisotopic (exact) mass is 328 g/mol. The van der Waals surface area contributed by atoms with Crippen molar-refractivity contribution in [3.8, 4) is 17.2 Å². The Hall–Kier alpha value is -2.89. The molecule has 6 nitrogen and oxygen atoms in total. The Morgan fingerprint density at radius 1 is 1.12 bits per heavy atom. The molecule has 3 rings (SSSR count). The normalized spacial score (nSPS) is 12.4. The first kappa shape index (κ1) is 16.0. The predicted molar refractivity (Wildman–Crippen MR) is 92.3 cm³/mol. The molecule has 2 aromatic rings. The van der Waals surface area contributed by atoms with E-state index in [4.69, 9.17) is 14.2 Å². The average Bonchev–Trinajstić information content (AvgIpc) is 2.60. The van der Waals surface area contributed by atoms with Crippen LogP contribution in [0.25, 0.3) is 0 Å². The summed E-state index contributed by atoms with van der Waals surface area (Å²) >= 11 is 0. The van der Waals surface area contributed by atoms with E-state index in [2.05, 4.69) is 10.6 Å². The van der Waals surface area contributed by atoms with Crippen LogP contribution in [0.3, 0.4) is 0 Å². The molecule has 1 aliphatic heterocycles. The van der Waals surface area contributed by atoms with Gasteiger partial charge in [0.05, 0.1) is 19.3 Å². The molecule has 0 saturated carbocycles. The zero-order valence-electron chi connectivity index (χ0n) is 13.7. The highest BCUT2D eigenvalue weighted by atomic mass is 16.6. The van der Waals surface area contributed by atoms with E-state index in [0.29, 0.717) is 36.1 Å². The quantitative estimate of drug-likeness (QED) is 0.883.